The number of nitrogens with zero attached hydrogens (tertiary/aromatic N) is 1. The van der Waals surface area contributed by atoms with Gasteiger partial charge in [0, 0.05) is 35.4 Å². The Bertz CT molecular complexity index is 329. The number of methoxy groups -OCH3 is 1. The maximum Gasteiger partial charge on any atom is 0.128 e. The lowest BCUT2D eigenvalue weighted by molar-refractivity contribution is 0.407. The van der Waals surface area contributed by atoms with Crippen LogP contribution in [-0.4, -0.2) is 24.4 Å². The molecule has 3 nitrogen and oxygen atoms in total. The van der Waals surface area contributed by atoms with Gasteiger partial charge in [-0.2, -0.15) is 11.8 Å². The van der Waals surface area contributed by atoms with Crippen LogP contribution in [0.15, 0.2) is 6.20 Å². The predicted molar refractivity (Wildman–Crippen MR) is 65.5 cm³/mol. The number of nitrogens with two attached hydrogens (primary N) is 1. The van der Waals surface area contributed by atoms with Gasteiger partial charge in [0.15, 0.2) is 0 Å². The molecule has 15 heavy (non-hydrogen) atoms. The molecule has 0 unspecified atom stereocenters. The maximum atomic E-state index is 5.44. The van der Waals surface area contributed by atoms with Crippen LogP contribution in [0, 0.1) is 13.8 Å². The van der Waals surface area contributed by atoms with Gasteiger partial charge in [0.2, 0.25) is 0 Å². The van der Waals surface area contributed by atoms with E-state index in [0.717, 1.165) is 34.1 Å². The zero-order valence-corrected chi connectivity index (χ0v) is 10.4. The van der Waals surface area contributed by atoms with Gasteiger partial charge in [0.1, 0.15) is 5.75 Å². The number of hydrogen-bond acceptors (Lipinski definition) is 4. The summed E-state index contributed by atoms with van der Waals surface area (Å²) in [6.07, 6.45) is 1.87. The summed E-state index contributed by atoms with van der Waals surface area (Å²) in [7, 11) is 1.70. The minimum absolute atomic E-state index is 0.715. The Kier molecular flexibility index (Phi) is 4.91. The first kappa shape index (κ1) is 12.3. The van der Waals surface area contributed by atoms with Crippen LogP contribution in [-0.2, 0) is 5.75 Å². The highest BCUT2D eigenvalue weighted by molar-refractivity contribution is 7.98. The Morgan fingerprint density at radius 1 is 1.47 bits per heavy atom. The summed E-state index contributed by atoms with van der Waals surface area (Å²) in [6.45, 7) is 4.78. The smallest absolute Gasteiger partial charge is 0.128 e. The molecule has 0 aliphatic heterocycles. The minimum Gasteiger partial charge on any atom is -0.496 e. The van der Waals surface area contributed by atoms with Gasteiger partial charge in [-0.25, -0.2) is 0 Å². The molecule has 0 fully saturated rings. The highest BCUT2D eigenvalue weighted by atomic mass is 32.2. The summed E-state index contributed by atoms with van der Waals surface area (Å²) in [6, 6.07) is 0. The predicted octanol–water partition coefficient (Wildman–Crippen LogP) is 1.90. The van der Waals surface area contributed by atoms with E-state index in [1.165, 1.54) is 0 Å². The fraction of sp³-hybridized carbons (Fsp3) is 0.545. The molecule has 0 aliphatic carbocycles. The molecular weight excluding hydrogens is 208 g/mol. The first-order chi connectivity index (χ1) is 7.20. The Balaban J connectivity index is 2.80. The van der Waals surface area contributed by atoms with Crippen molar-refractivity contribution < 1.29 is 4.74 Å². The normalized spacial score (nSPS) is 10.4. The SMILES string of the molecule is COc1c(C)cnc(CSCCN)c1C. The van der Waals surface area contributed by atoms with E-state index in [1.807, 2.05) is 13.1 Å². The molecule has 0 atom stereocenters. The van der Waals surface area contributed by atoms with E-state index in [9.17, 15) is 0 Å². The second-order valence-electron chi connectivity index (χ2n) is 3.39. The first-order valence-electron chi connectivity index (χ1n) is 4.97. The fourth-order valence-electron chi connectivity index (χ4n) is 1.47. The number of thioether (sulfide) groups is 1. The van der Waals surface area contributed by atoms with Crippen molar-refractivity contribution in [1.29, 1.82) is 0 Å². The molecule has 4 heteroatoms. The molecule has 0 saturated carbocycles. The third-order valence-electron chi connectivity index (χ3n) is 2.25. The Labute approximate surface area is 95.4 Å². The van der Waals surface area contributed by atoms with Crippen molar-refractivity contribution in [3.05, 3.63) is 23.0 Å². The van der Waals surface area contributed by atoms with Crippen molar-refractivity contribution in [2.75, 3.05) is 19.4 Å². The van der Waals surface area contributed by atoms with Crippen molar-refractivity contribution in [3.63, 3.8) is 0 Å². The quantitative estimate of drug-likeness (QED) is 0.779. The van der Waals surface area contributed by atoms with Crippen LogP contribution in [0.1, 0.15) is 16.8 Å². The van der Waals surface area contributed by atoms with Gasteiger partial charge >= 0.3 is 0 Å². The number of hydrogen-bond donors (Lipinski definition) is 1. The van der Waals surface area contributed by atoms with Gasteiger partial charge in [-0.3, -0.25) is 4.98 Å². The molecule has 1 aromatic heterocycles. The monoisotopic (exact) mass is 226 g/mol. The summed E-state index contributed by atoms with van der Waals surface area (Å²) in [5, 5.41) is 0. The van der Waals surface area contributed by atoms with Gasteiger partial charge in [-0.15, -0.1) is 0 Å². The van der Waals surface area contributed by atoms with Gasteiger partial charge in [-0.1, -0.05) is 0 Å². The molecule has 84 valence electrons. The highest BCUT2D eigenvalue weighted by Gasteiger charge is 2.08. The van der Waals surface area contributed by atoms with E-state index in [2.05, 4.69) is 11.9 Å². The molecule has 0 amide bonds. The molecule has 0 aliphatic rings. The topological polar surface area (TPSA) is 48.1 Å². The van der Waals surface area contributed by atoms with Gasteiger partial charge in [0.25, 0.3) is 0 Å². The molecule has 0 aromatic carbocycles. The van der Waals surface area contributed by atoms with E-state index in [4.69, 9.17) is 10.5 Å². The average Bonchev–Trinajstić information content (AvgIpc) is 2.22. The van der Waals surface area contributed by atoms with E-state index in [1.54, 1.807) is 18.9 Å². The number of rotatable bonds is 5. The molecule has 1 rings (SSSR count). The number of aromatic nitrogens is 1. The van der Waals surface area contributed by atoms with Crippen molar-refractivity contribution in [2.45, 2.75) is 19.6 Å². The number of ether oxygens (including phenoxy) is 1. The average molecular weight is 226 g/mol. The van der Waals surface area contributed by atoms with Crippen LogP contribution in [0.4, 0.5) is 0 Å². The van der Waals surface area contributed by atoms with Crippen LogP contribution in [0.25, 0.3) is 0 Å². The second-order valence-corrected chi connectivity index (χ2v) is 4.49. The zero-order valence-electron chi connectivity index (χ0n) is 9.54. The second kappa shape index (κ2) is 5.98. The molecule has 0 saturated heterocycles. The molecular formula is C11H18N2OS. The summed E-state index contributed by atoms with van der Waals surface area (Å²) in [4.78, 5) is 4.42. The van der Waals surface area contributed by atoms with Crippen LogP contribution in [0.3, 0.4) is 0 Å². The van der Waals surface area contributed by atoms with Crippen LogP contribution in [0.2, 0.25) is 0 Å². The van der Waals surface area contributed by atoms with E-state index >= 15 is 0 Å². The lowest BCUT2D eigenvalue weighted by Crippen LogP contribution is -2.03. The number of pyridine rings is 1. The summed E-state index contributed by atoms with van der Waals surface area (Å²) < 4.78 is 5.35. The van der Waals surface area contributed by atoms with Crippen molar-refractivity contribution in [3.8, 4) is 5.75 Å². The van der Waals surface area contributed by atoms with Gasteiger partial charge in [0.05, 0.1) is 12.8 Å². The van der Waals surface area contributed by atoms with Crippen molar-refractivity contribution >= 4 is 11.8 Å². The summed E-state index contributed by atoms with van der Waals surface area (Å²) in [5.41, 5.74) is 8.76. The van der Waals surface area contributed by atoms with E-state index in [-0.39, 0.29) is 0 Å². The highest BCUT2D eigenvalue weighted by Crippen LogP contribution is 2.25. The zero-order chi connectivity index (χ0) is 11.3. The number of aryl methyl sites for hydroxylation is 1. The van der Waals surface area contributed by atoms with Gasteiger partial charge in [-0.05, 0) is 13.8 Å². The Morgan fingerprint density at radius 2 is 2.20 bits per heavy atom. The standard InChI is InChI=1S/C11H18N2OS/c1-8-6-13-10(7-15-5-4-12)9(2)11(8)14-3/h6H,4-5,7,12H2,1-3H3. The molecule has 0 spiro atoms. The third-order valence-corrected chi connectivity index (χ3v) is 3.25. The Morgan fingerprint density at radius 3 is 2.80 bits per heavy atom. The lowest BCUT2D eigenvalue weighted by Gasteiger charge is -2.11. The van der Waals surface area contributed by atoms with E-state index < -0.39 is 0 Å². The Hall–Kier alpha value is -0.740. The summed E-state index contributed by atoms with van der Waals surface area (Å²) >= 11 is 1.80. The third kappa shape index (κ3) is 3.11. The van der Waals surface area contributed by atoms with Crippen LogP contribution >= 0.6 is 11.8 Å². The van der Waals surface area contributed by atoms with Crippen LogP contribution in [0.5, 0.6) is 5.75 Å². The first-order valence-corrected chi connectivity index (χ1v) is 6.13. The molecule has 0 bridgehead atoms. The van der Waals surface area contributed by atoms with E-state index in [0.29, 0.717) is 6.54 Å². The maximum absolute atomic E-state index is 5.44. The van der Waals surface area contributed by atoms with Crippen molar-refractivity contribution in [2.24, 2.45) is 5.73 Å². The van der Waals surface area contributed by atoms with Crippen LogP contribution < -0.4 is 10.5 Å². The lowest BCUT2D eigenvalue weighted by atomic mass is 10.1. The molecule has 0 radical (unpaired) electrons. The summed E-state index contributed by atoms with van der Waals surface area (Å²) in [5.74, 6) is 2.82. The molecule has 2 N–H and O–H groups in total. The molecule has 1 heterocycles. The fourth-order valence-corrected chi connectivity index (χ4v) is 2.26. The minimum atomic E-state index is 0.715. The molecule has 1 aromatic rings. The van der Waals surface area contributed by atoms with Crippen molar-refractivity contribution in [1.82, 2.24) is 4.98 Å². The van der Waals surface area contributed by atoms with Gasteiger partial charge < -0.3 is 10.5 Å². The largest absolute Gasteiger partial charge is 0.496 e.